The van der Waals surface area contributed by atoms with Crippen molar-refractivity contribution in [2.75, 3.05) is 26.2 Å². The van der Waals surface area contributed by atoms with Gasteiger partial charge in [-0.15, -0.1) is 6.58 Å². The lowest BCUT2D eigenvalue weighted by Crippen LogP contribution is -2.46. The van der Waals surface area contributed by atoms with Gasteiger partial charge in [0.25, 0.3) is 0 Å². The highest BCUT2D eigenvalue weighted by molar-refractivity contribution is 5.82. The van der Waals surface area contributed by atoms with Crippen molar-refractivity contribution in [3.63, 3.8) is 0 Å². The zero-order valence-electron chi connectivity index (χ0n) is 11.8. The zero-order chi connectivity index (χ0) is 14.7. The van der Waals surface area contributed by atoms with E-state index in [-0.39, 0.29) is 6.42 Å². The summed E-state index contributed by atoms with van der Waals surface area (Å²) >= 11 is 0. The lowest BCUT2D eigenvalue weighted by Gasteiger charge is -2.18. The minimum atomic E-state index is -1.06. The summed E-state index contributed by atoms with van der Waals surface area (Å²) in [7, 11) is 0. The number of rotatable bonds is 10. The van der Waals surface area contributed by atoms with Gasteiger partial charge in [0, 0.05) is 6.54 Å². The van der Waals surface area contributed by atoms with Crippen LogP contribution < -0.4 is 10.6 Å². The van der Waals surface area contributed by atoms with Crippen LogP contribution >= 0.6 is 0 Å². The molecule has 0 aromatic rings. The summed E-state index contributed by atoms with van der Waals surface area (Å²) in [6.45, 7) is 11.1. The molecule has 0 fully saturated rings. The average Bonchev–Trinajstić information content (AvgIpc) is 2.38. The monoisotopic (exact) mass is 271 g/mol. The van der Waals surface area contributed by atoms with Crippen LogP contribution in [0.5, 0.6) is 0 Å². The Morgan fingerprint density at radius 1 is 1.37 bits per heavy atom. The van der Waals surface area contributed by atoms with Gasteiger partial charge in [-0.2, -0.15) is 0 Å². The van der Waals surface area contributed by atoms with E-state index in [4.69, 9.17) is 5.11 Å². The molecular formula is C13H25N3O3. The molecule has 1 unspecified atom stereocenters. The summed E-state index contributed by atoms with van der Waals surface area (Å²) in [5, 5.41) is 13.9. The number of carbonyl (C=O) groups excluding carboxylic acids is 1. The topological polar surface area (TPSA) is 81.7 Å². The van der Waals surface area contributed by atoms with Gasteiger partial charge < -0.3 is 20.6 Å². The molecule has 0 heterocycles. The first-order chi connectivity index (χ1) is 9.04. The van der Waals surface area contributed by atoms with Crippen molar-refractivity contribution in [2.24, 2.45) is 0 Å². The van der Waals surface area contributed by atoms with Gasteiger partial charge in [0.05, 0.1) is 0 Å². The first kappa shape index (κ1) is 17.4. The van der Waals surface area contributed by atoms with E-state index in [1.807, 2.05) is 0 Å². The van der Waals surface area contributed by atoms with Crippen LogP contribution in [0.2, 0.25) is 0 Å². The number of aliphatic carboxylic acids is 1. The number of carboxylic acids is 1. The van der Waals surface area contributed by atoms with Crippen molar-refractivity contribution in [3.8, 4) is 0 Å². The quantitative estimate of drug-likeness (QED) is 0.410. The molecule has 0 saturated heterocycles. The highest BCUT2D eigenvalue weighted by Gasteiger charge is 2.17. The lowest BCUT2D eigenvalue weighted by molar-refractivity contribution is -0.139. The normalized spacial score (nSPS) is 11.9. The first-order valence-corrected chi connectivity index (χ1v) is 6.65. The van der Waals surface area contributed by atoms with E-state index in [2.05, 4.69) is 36.0 Å². The average molecular weight is 271 g/mol. The Morgan fingerprint density at radius 2 is 2.00 bits per heavy atom. The summed E-state index contributed by atoms with van der Waals surface area (Å²) < 4.78 is 0. The number of amides is 2. The van der Waals surface area contributed by atoms with Gasteiger partial charge in [-0.05, 0) is 32.5 Å². The Hall–Kier alpha value is -1.56. The van der Waals surface area contributed by atoms with E-state index >= 15 is 0 Å². The van der Waals surface area contributed by atoms with Gasteiger partial charge in [0.15, 0.2) is 0 Å². The number of hydrogen-bond acceptors (Lipinski definition) is 3. The molecular weight excluding hydrogens is 246 g/mol. The van der Waals surface area contributed by atoms with Crippen LogP contribution in [0.3, 0.4) is 0 Å². The fraction of sp³-hybridized carbons (Fsp3) is 0.692. The van der Waals surface area contributed by atoms with Gasteiger partial charge in [0.1, 0.15) is 6.04 Å². The Labute approximate surface area is 114 Å². The molecule has 0 radical (unpaired) electrons. The van der Waals surface area contributed by atoms with Crippen LogP contribution in [-0.2, 0) is 4.79 Å². The lowest BCUT2D eigenvalue weighted by atomic mass is 10.2. The first-order valence-electron chi connectivity index (χ1n) is 6.65. The SMILES string of the molecule is C=CCC(NC(=O)NCCCN(CC)CC)C(=O)O. The van der Waals surface area contributed by atoms with Crippen LogP contribution in [0.25, 0.3) is 0 Å². The van der Waals surface area contributed by atoms with Crippen molar-refractivity contribution >= 4 is 12.0 Å². The van der Waals surface area contributed by atoms with Crippen molar-refractivity contribution in [1.82, 2.24) is 15.5 Å². The second kappa shape index (κ2) is 10.4. The largest absolute Gasteiger partial charge is 0.480 e. The zero-order valence-corrected chi connectivity index (χ0v) is 11.8. The van der Waals surface area contributed by atoms with Crippen molar-refractivity contribution in [2.45, 2.75) is 32.7 Å². The number of carbonyl (C=O) groups is 2. The van der Waals surface area contributed by atoms with E-state index in [1.165, 1.54) is 6.08 Å². The molecule has 3 N–H and O–H groups in total. The minimum absolute atomic E-state index is 0.211. The molecule has 19 heavy (non-hydrogen) atoms. The number of nitrogens with zero attached hydrogens (tertiary/aromatic N) is 1. The van der Waals surface area contributed by atoms with Crippen molar-refractivity contribution < 1.29 is 14.7 Å². The van der Waals surface area contributed by atoms with E-state index in [9.17, 15) is 9.59 Å². The summed E-state index contributed by atoms with van der Waals surface area (Å²) in [6, 6.07) is -1.37. The Morgan fingerprint density at radius 3 is 2.47 bits per heavy atom. The molecule has 6 nitrogen and oxygen atoms in total. The number of hydrogen-bond donors (Lipinski definition) is 3. The third kappa shape index (κ3) is 8.20. The molecule has 6 heteroatoms. The molecule has 0 aliphatic rings. The number of nitrogens with one attached hydrogen (secondary N) is 2. The molecule has 0 aliphatic heterocycles. The summed E-state index contributed by atoms with van der Waals surface area (Å²) in [6.07, 6.45) is 2.52. The Kier molecular flexibility index (Phi) is 9.52. The smallest absolute Gasteiger partial charge is 0.326 e. The second-order valence-corrected chi connectivity index (χ2v) is 4.20. The van der Waals surface area contributed by atoms with Gasteiger partial charge in [-0.1, -0.05) is 19.9 Å². The van der Waals surface area contributed by atoms with E-state index in [1.54, 1.807) is 0 Å². The molecule has 0 aliphatic carbocycles. The molecule has 1 atom stereocenters. The Balaban J connectivity index is 3.85. The maximum Gasteiger partial charge on any atom is 0.326 e. The maximum atomic E-state index is 11.5. The molecule has 0 bridgehead atoms. The molecule has 2 amide bonds. The van der Waals surface area contributed by atoms with Crippen LogP contribution in [0.15, 0.2) is 12.7 Å². The summed E-state index contributed by atoms with van der Waals surface area (Å²) in [5.41, 5.74) is 0. The van der Waals surface area contributed by atoms with Gasteiger partial charge >= 0.3 is 12.0 Å². The molecule has 0 aromatic heterocycles. The van der Waals surface area contributed by atoms with Crippen LogP contribution in [-0.4, -0.2) is 54.2 Å². The molecule has 0 saturated carbocycles. The second-order valence-electron chi connectivity index (χ2n) is 4.20. The number of urea groups is 1. The van der Waals surface area contributed by atoms with E-state index in [0.29, 0.717) is 6.54 Å². The maximum absolute atomic E-state index is 11.5. The molecule has 110 valence electrons. The van der Waals surface area contributed by atoms with Crippen LogP contribution in [0, 0.1) is 0 Å². The number of carboxylic acid groups (broad SMARTS) is 1. The van der Waals surface area contributed by atoms with Crippen molar-refractivity contribution in [3.05, 3.63) is 12.7 Å². The fourth-order valence-corrected chi connectivity index (χ4v) is 1.64. The summed E-state index contributed by atoms with van der Waals surface area (Å²) in [5.74, 6) is -1.06. The van der Waals surface area contributed by atoms with Crippen LogP contribution in [0.4, 0.5) is 4.79 Å². The molecule has 0 aromatic carbocycles. The van der Waals surface area contributed by atoms with Crippen molar-refractivity contribution in [1.29, 1.82) is 0 Å². The highest BCUT2D eigenvalue weighted by atomic mass is 16.4. The fourth-order valence-electron chi connectivity index (χ4n) is 1.64. The molecule has 0 spiro atoms. The van der Waals surface area contributed by atoms with Gasteiger partial charge in [0.2, 0.25) is 0 Å². The minimum Gasteiger partial charge on any atom is -0.480 e. The molecule has 0 rings (SSSR count). The van der Waals surface area contributed by atoms with Gasteiger partial charge in [-0.25, -0.2) is 9.59 Å². The third-order valence-corrected chi connectivity index (χ3v) is 2.84. The van der Waals surface area contributed by atoms with Gasteiger partial charge in [-0.3, -0.25) is 0 Å². The highest BCUT2D eigenvalue weighted by Crippen LogP contribution is 1.93. The summed E-state index contributed by atoms with van der Waals surface area (Å²) in [4.78, 5) is 24.6. The van der Waals surface area contributed by atoms with E-state index < -0.39 is 18.0 Å². The predicted octanol–water partition coefficient (Wildman–Crippen LogP) is 1.05. The van der Waals surface area contributed by atoms with Crippen LogP contribution in [0.1, 0.15) is 26.7 Å². The third-order valence-electron chi connectivity index (χ3n) is 2.84. The van der Waals surface area contributed by atoms with E-state index in [0.717, 1.165) is 26.1 Å². The standard InChI is InChI=1S/C13H25N3O3/c1-4-8-11(12(17)18)15-13(19)14-9-7-10-16(5-2)6-3/h4,11H,1,5-10H2,2-3H3,(H,17,18)(H2,14,15,19). The Bertz CT molecular complexity index is 291. The predicted molar refractivity (Wildman–Crippen MR) is 75.2 cm³/mol.